The molecule has 0 saturated carbocycles. The maximum Gasteiger partial charge on any atom is 0.269 e. The zero-order chi connectivity index (χ0) is 58.4. The standard InChI is InChI=1S/C80H58N4O3/c1-79(2,3)51-31-33-59-57-19-7-8-20-58(57)68-41-50(48-29-35-74-66(39-48)62-22-10-13-27-72(62)86-74)42-71-78(68)83(77-56(24-16-25-64(77)65(59)43-51)49-30-36-75-67(40-49)63-23-11-14-28-73(63)87-75)47-82(71)53-17-15-18-54(45-53)85-55-32-34-61-60-21-9-12-26-69(60)84(70(61)46-55)76-44-52(37-38-81-76)80(4,5)6/h7-46H,1-6H3. The average Bonchev–Trinajstić information content (AvgIpc) is 1.65. The van der Waals surface area contributed by atoms with Crippen LogP contribution in [0.1, 0.15) is 52.7 Å². The number of para-hydroxylation sites is 4. The van der Waals surface area contributed by atoms with Crippen molar-refractivity contribution < 1.29 is 18.1 Å². The second kappa shape index (κ2) is 18.9. The number of hydrogen-bond donors (Lipinski definition) is 0. The van der Waals surface area contributed by atoms with Gasteiger partial charge in [0.05, 0.1) is 33.4 Å². The molecular weight excluding hydrogens is 1060 g/mol. The van der Waals surface area contributed by atoms with Crippen molar-refractivity contribution in [1.29, 1.82) is 0 Å². The van der Waals surface area contributed by atoms with Crippen molar-refractivity contribution in [2.45, 2.75) is 52.4 Å². The number of hydrogen-bond acceptors (Lipinski definition) is 4. The van der Waals surface area contributed by atoms with E-state index in [0.29, 0.717) is 11.5 Å². The van der Waals surface area contributed by atoms with Gasteiger partial charge < -0.3 is 13.6 Å². The number of furan rings is 2. The van der Waals surface area contributed by atoms with Gasteiger partial charge in [0.2, 0.25) is 0 Å². The van der Waals surface area contributed by atoms with Gasteiger partial charge in [-0.1, -0.05) is 181 Å². The van der Waals surface area contributed by atoms with Gasteiger partial charge >= 0.3 is 0 Å². The van der Waals surface area contributed by atoms with Crippen molar-refractivity contribution in [3.8, 4) is 84.3 Å². The number of nitrogens with zero attached hydrogens (tertiary/aromatic N) is 4. The summed E-state index contributed by atoms with van der Waals surface area (Å²) >= 11 is 0. The Morgan fingerprint density at radius 2 is 0.989 bits per heavy atom. The molecule has 0 bridgehead atoms. The van der Waals surface area contributed by atoms with Crippen LogP contribution in [0.2, 0.25) is 0 Å². The van der Waals surface area contributed by atoms with Gasteiger partial charge in [0, 0.05) is 44.6 Å². The van der Waals surface area contributed by atoms with Gasteiger partial charge in [0.25, 0.3) is 6.33 Å². The normalized spacial score (nSPS) is 12.5. The van der Waals surface area contributed by atoms with Gasteiger partial charge in [-0.15, -0.1) is 0 Å². The van der Waals surface area contributed by atoms with Gasteiger partial charge in [-0.05, 0) is 169 Å². The third kappa shape index (κ3) is 8.10. The topological polar surface area (TPSA) is 62.1 Å². The SMILES string of the molecule is CC(C)(C)c1ccnc(-n2c3ccccc3c3ccc(Oc4cccc(-n5[c-][n+]6c7c(cc(-c8ccc9oc%10ccccc%10c9c8)cc75)-c5ccccc5-c5ccc(C(C)(C)C)cc5-c5cccc(-c7ccc8oc9ccccc9c8c7)c5-6)c4)cc32)c1. The van der Waals surface area contributed by atoms with Crippen molar-refractivity contribution >= 4 is 76.7 Å². The third-order valence-electron chi connectivity index (χ3n) is 17.9. The molecule has 11 aromatic carbocycles. The smallest absolute Gasteiger partial charge is 0.269 e. The van der Waals surface area contributed by atoms with Crippen LogP contribution in [0.4, 0.5) is 0 Å². The van der Waals surface area contributed by atoms with Crippen LogP contribution < -0.4 is 9.30 Å². The number of benzene rings is 11. The van der Waals surface area contributed by atoms with E-state index in [0.717, 1.165) is 150 Å². The summed E-state index contributed by atoms with van der Waals surface area (Å²) in [6, 6.07) is 85.1. The van der Waals surface area contributed by atoms with Crippen molar-refractivity contribution in [2.24, 2.45) is 0 Å². The van der Waals surface area contributed by atoms with E-state index in [4.69, 9.17) is 18.6 Å². The molecule has 0 amide bonds. The molecule has 17 rings (SSSR count). The van der Waals surface area contributed by atoms with Crippen molar-refractivity contribution in [1.82, 2.24) is 14.1 Å². The van der Waals surface area contributed by atoms with Gasteiger partial charge in [-0.2, -0.15) is 0 Å². The highest BCUT2D eigenvalue weighted by Gasteiger charge is 2.29. The maximum atomic E-state index is 7.04. The lowest BCUT2D eigenvalue weighted by molar-refractivity contribution is -0.570. The Morgan fingerprint density at radius 1 is 0.391 bits per heavy atom. The number of fused-ring (bicyclic) bond motifs is 16. The van der Waals surface area contributed by atoms with Crippen LogP contribution in [0.25, 0.3) is 150 Å². The Kier molecular flexibility index (Phi) is 11.0. The number of ether oxygens (including phenoxy) is 1. The lowest BCUT2D eigenvalue weighted by Gasteiger charge is -2.24. The van der Waals surface area contributed by atoms with E-state index in [1.165, 1.54) is 11.1 Å². The Hall–Kier alpha value is -10.8. The molecule has 1 aliphatic rings. The summed E-state index contributed by atoms with van der Waals surface area (Å²) in [4.78, 5) is 4.96. The molecule has 7 heteroatoms. The quantitative estimate of drug-likeness (QED) is 0.123. The second-order valence-electron chi connectivity index (χ2n) is 25.3. The number of aromatic nitrogens is 4. The highest BCUT2D eigenvalue weighted by molar-refractivity contribution is 6.11. The van der Waals surface area contributed by atoms with E-state index < -0.39 is 0 Å². The fourth-order valence-corrected chi connectivity index (χ4v) is 13.5. The summed E-state index contributed by atoms with van der Waals surface area (Å²) < 4.78 is 26.8. The maximum absolute atomic E-state index is 7.04. The van der Waals surface area contributed by atoms with Gasteiger partial charge in [0.1, 0.15) is 39.6 Å². The molecule has 0 aliphatic carbocycles. The fourth-order valence-electron chi connectivity index (χ4n) is 13.5. The van der Waals surface area contributed by atoms with E-state index in [1.54, 1.807) is 0 Å². The van der Waals surface area contributed by atoms with E-state index in [2.05, 4.69) is 268 Å². The predicted octanol–water partition coefficient (Wildman–Crippen LogP) is 21.0. The molecule has 6 heterocycles. The van der Waals surface area contributed by atoms with E-state index in [1.807, 2.05) is 36.5 Å². The summed E-state index contributed by atoms with van der Waals surface area (Å²) in [5.74, 6) is 2.27. The lowest BCUT2D eigenvalue weighted by Crippen LogP contribution is -2.32. The average molecular weight is 1120 g/mol. The molecule has 416 valence electrons. The first-order valence-corrected chi connectivity index (χ1v) is 29.9. The molecule has 0 unspecified atom stereocenters. The monoisotopic (exact) mass is 1120 g/mol. The molecule has 1 aliphatic heterocycles. The molecule has 5 aromatic heterocycles. The Labute approximate surface area is 503 Å². The fraction of sp³-hybridized carbons (Fsp3) is 0.100. The Bertz CT molecular complexity index is 5540. The summed E-state index contributed by atoms with van der Waals surface area (Å²) in [6.45, 7) is 13.6. The van der Waals surface area contributed by atoms with Crippen LogP contribution in [0.3, 0.4) is 0 Å². The van der Waals surface area contributed by atoms with E-state index in [9.17, 15) is 0 Å². The van der Waals surface area contributed by atoms with Crippen molar-refractivity contribution in [3.63, 3.8) is 0 Å². The Balaban J connectivity index is 0.924. The molecule has 7 nitrogen and oxygen atoms in total. The summed E-state index contributed by atoms with van der Waals surface area (Å²) in [7, 11) is 0. The predicted molar refractivity (Wildman–Crippen MR) is 355 cm³/mol. The molecule has 0 spiro atoms. The van der Waals surface area contributed by atoms with Crippen LogP contribution in [0.15, 0.2) is 252 Å². The van der Waals surface area contributed by atoms with E-state index in [-0.39, 0.29) is 10.8 Å². The largest absolute Gasteiger partial charge is 0.458 e. The molecule has 87 heavy (non-hydrogen) atoms. The number of imidazole rings is 1. The number of rotatable bonds is 6. The number of pyridine rings is 1. The minimum absolute atomic E-state index is 0.0526. The van der Waals surface area contributed by atoms with E-state index >= 15 is 0 Å². The van der Waals surface area contributed by atoms with Crippen LogP contribution in [-0.4, -0.2) is 14.1 Å². The molecule has 0 N–H and O–H groups in total. The molecular formula is C80H58N4O3. The summed E-state index contributed by atoms with van der Waals surface area (Å²) in [5.41, 5.74) is 22.8. The summed E-state index contributed by atoms with van der Waals surface area (Å²) in [5, 5.41) is 6.60. The molecule has 16 aromatic rings. The molecule has 0 atom stereocenters. The van der Waals surface area contributed by atoms with Crippen molar-refractivity contribution in [3.05, 3.63) is 260 Å². The van der Waals surface area contributed by atoms with Crippen LogP contribution in [0, 0.1) is 6.33 Å². The summed E-state index contributed by atoms with van der Waals surface area (Å²) in [6.07, 6.45) is 6.04. The van der Waals surface area contributed by atoms with Crippen LogP contribution in [-0.2, 0) is 10.8 Å². The third-order valence-corrected chi connectivity index (χ3v) is 17.9. The minimum Gasteiger partial charge on any atom is -0.458 e. The molecule has 0 fully saturated rings. The highest BCUT2D eigenvalue weighted by Crippen LogP contribution is 2.49. The van der Waals surface area contributed by atoms with Crippen LogP contribution >= 0.6 is 0 Å². The van der Waals surface area contributed by atoms with Gasteiger partial charge in [0.15, 0.2) is 0 Å². The van der Waals surface area contributed by atoms with Gasteiger partial charge in [-0.25, -0.2) is 4.98 Å². The van der Waals surface area contributed by atoms with Crippen LogP contribution in [0.5, 0.6) is 11.5 Å². The highest BCUT2D eigenvalue weighted by atomic mass is 16.5. The first-order chi connectivity index (χ1) is 42.4. The van der Waals surface area contributed by atoms with Crippen molar-refractivity contribution in [2.75, 3.05) is 0 Å². The first-order valence-electron chi connectivity index (χ1n) is 29.9. The minimum atomic E-state index is -0.125. The molecule has 0 saturated heterocycles. The zero-order valence-electron chi connectivity index (χ0n) is 49.1. The first kappa shape index (κ1) is 50.7. The molecule has 0 radical (unpaired) electrons. The second-order valence-corrected chi connectivity index (χ2v) is 25.3. The zero-order valence-corrected chi connectivity index (χ0v) is 49.1. The van der Waals surface area contributed by atoms with Gasteiger partial charge in [-0.3, -0.25) is 13.7 Å². The Morgan fingerprint density at radius 3 is 1.75 bits per heavy atom. The lowest BCUT2D eigenvalue weighted by atomic mass is 9.81.